The third-order valence-electron chi connectivity index (χ3n) is 3.63. The number of hydrogen-bond donors (Lipinski definition) is 2. The van der Waals surface area contributed by atoms with Gasteiger partial charge in [0.15, 0.2) is 0 Å². The minimum Gasteiger partial charge on any atom is -0.465 e. The number of ether oxygens (including phenoxy) is 2. The molecule has 0 radical (unpaired) electrons. The van der Waals surface area contributed by atoms with E-state index < -0.39 is 23.8 Å². The summed E-state index contributed by atoms with van der Waals surface area (Å²) >= 11 is 0. The van der Waals surface area contributed by atoms with E-state index in [2.05, 4.69) is 30.5 Å². The van der Waals surface area contributed by atoms with Gasteiger partial charge in [-0.05, 0) is 35.4 Å². The smallest absolute Gasteiger partial charge is 0.337 e. The molecule has 10 nitrogen and oxygen atoms in total. The van der Waals surface area contributed by atoms with Crippen LogP contribution in [0.1, 0.15) is 31.8 Å². The molecule has 0 bridgehead atoms. The van der Waals surface area contributed by atoms with Crippen molar-refractivity contribution in [3.05, 3.63) is 70.8 Å². The lowest BCUT2D eigenvalue weighted by Gasteiger charge is -2.00. The highest BCUT2D eigenvalue weighted by Crippen LogP contribution is 2.04. The summed E-state index contributed by atoms with van der Waals surface area (Å²) in [5.41, 5.74) is 6.04. The van der Waals surface area contributed by atoms with Crippen LogP contribution in [0.25, 0.3) is 0 Å². The highest BCUT2D eigenvalue weighted by molar-refractivity contribution is 6.35. The van der Waals surface area contributed by atoms with E-state index in [0.717, 1.165) is 0 Å². The van der Waals surface area contributed by atoms with Crippen LogP contribution in [0, 0.1) is 0 Å². The fraction of sp³-hybridized carbons (Fsp3) is 0.100. The zero-order valence-electron chi connectivity index (χ0n) is 16.1. The van der Waals surface area contributed by atoms with Gasteiger partial charge in [-0.3, -0.25) is 9.59 Å². The lowest BCUT2D eigenvalue weighted by molar-refractivity contribution is -0.139. The average Bonchev–Trinajstić information content (AvgIpc) is 2.78. The molecule has 2 rings (SSSR count). The molecule has 2 aromatic rings. The summed E-state index contributed by atoms with van der Waals surface area (Å²) in [6, 6.07) is 12.5. The molecule has 2 aromatic carbocycles. The monoisotopic (exact) mass is 410 g/mol. The number of esters is 2. The zero-order chi connectivity index (χ0) is 21.9. The van der Waals surface area contributed by atoms with Crippen LogP contribution in [0.5, 0.6) is 0 Å². The average molecular weight is 410 g/mol. The summed E-state index contributed by atoms with van der Waals surface area (Å²) < 4.78 is 9.18. The second kappa shape index (κ2) is 10.9. The molecule has 0 aliphatic carbocycles. The molecule has 0 spiro atoms. The third kappa shape index (κ3) is 6.37. The van der Waals surface area contributed by atoms with E-state index >= 15 is 0 Å². The Labute approximate surface area is 171 Å². The number of rotatable bonds is 6. The topological polar surface area (TPSA) is 136 Å². The Morgan fingerprint density at radius 2 is 1.00 bits per heavy atom. The van der Waals surface area contributed by atoms with Crippen LogP contribution in [0.3, 0.4) is 0 Å². The second-order valence-corrected chi connectivity index (χ2v) is 5.63. The molecule has 0 aliphatic heterocycles. The maximum atomic E-state index is 11.7. The van der Waals surface area contributed by atoms with Crippen LogP contribution >= 0.6 is 0 Å². The van der Waals surface area contributed by atoms with Gasteiger partial charge in [-0.15, -0.1) is 0 Å². The molecule has 0 fully saturated rings. The number of benzene rings is 2. The molecule has 0 saturated heterocycles. The van der Waals surface area contributed by atoms with Gasteiger partial charge in [0, 0.05) is 0 Å². The van der Waals surface area contributed by atoms with Crippen molar-refractivity contribution in [1.29, 1.82) is 0 Å². The van der Waals surface area contributed by atoms with Gasteiger partial charge in [-0.2, -0.15) is 10.2 Å². The number of carbonyl (C=O) groups is 4. The molecule has 0 aliphatic rings. The number of amides is 2. The third-order valence-corrected chi connectivity index (χ3v) is 3.63. The van der Waals surface area contributed by atoms with Crippen molar-refractivity contribution >= 4 is 36.2 Å². The van der Waals surface area contributed by atoms with Crippen molar-refractivity contribution in [2.75, 3.05) is 14.2 Å². The number of nitrogens with one attached hydrogen (secondary N) is 2. The number of carbonyl (C=O) groups excluding carboxylic acids is 4. The van der Waals surface area contributed by atoms with Crippen LogP contribution < -0.4 is 10.9 Å². The van der Waals surface area contributed by atoms with Crippen LogP contribution in [-0.4, -0.2) is 50.4 Å². The molecule has 0 saturated carbocycles. The first kappa shape index (κ1) is 22.0. The molecule has 30 heavy (non-hydrogen) atoms. The van der Waals surface area contributed by atoms with Gasteiger partial charge in [-0.25, -0.2) is 20.4 Å². The highest BCUT2D eigenvalue weighted by atomic mass is 16.5. The van der Waals surface area contributed by atoms with E-state index in [9.17, 15) is 19.2 Å². The lowest BCUT2D eigenvalue weighted by Crippen LogP contribution is -2.35. The normalized spacial score (nSPS) is 10.6. The van der Waals surface area contributed by atoms with Crippen LogP contribution in [0.2, 0.25) is 0 Å². The number of methoxy groups -OCH3 is 2. The summed E-state index contributed by atoms with van der Waals surface area (Å²) in [4.78, 5) is 46.1. The fourth-order valence-corrected chi connectivity index (χ4v) is 2.08. The van der Waals surface area contributed by atoms with E-state index in [1.807, 2.05) is 0 Å². The zero-order valence-corrected chi connectivity index (χ0v) is 16.1. The molecule has 0 aromatic heterocycles. The van der Waals surface area contributed by atoms with Crippen molar-refractivity contribution in [3.8, 4) is 0 Å². The standard InChI is InChI=1S/C20H18N4O6/c1-29-19(27)15-7-3-13(4-8-15)11-21-23-17(25)18(26)24-22-12-14-5-9-16(10-6-14)20(28)30-2/h3-12H,1-2H3,(H,23,25)(H,24,26). The van der Waals surface area contributed by atoms with Crippen molar-refractivity contribution in [3.63, 3.8) is 0 Å². The highest BCUT2D eigenvalue weighted by Gasteiger charge is 2.11. The summed E-state index contributed by atoms with van der Waals surface area (Å²) in [6.07, 6.45) is 2.61. The van der Waals surface area contributed by atoms with Gasteiger partial charge in [-0.1, -0.05) is 24.3 Å². The van der Waals surface area contributed by atoms with E-state index in [4.69, 9.17) is 0 Å². The van der Waals surface area contributed by atoms with Crippen LogP contribution in [0.4, 0.5) is 0 Å². The Morgan fingerprint density at radius 1 is 0.667 bits per heavy atom. The van der Waals surface area contributed by atoms with Gasteiger partial charge in [0.2, 0.25) is 0 Å². The predicted octanol–water partition coefficient (Wildman–Crippen LogP) is 0.860. The van der Waals surface area contributed by atoms with Crippen molar-refractivity contribution in [2.45, 2.75) is 0 Å². The summed E-state index contributed by atoms with van der Waals surface area (Å²) in [5.74, 6) is -2.97. The van der Waals surface area contributed by atoms with Crippen molar-refractivity contribution in [2.24, 2.45) is 10.2 Å². The minimum atomic E-state index is -1.02. The summed E-state index contributed by atoms with van der Waals surface area (Å²) in [7, 11) is 2.56. The second-order valence-electron chi connectivity index (χ2n) is 5.63. The van der Waals surface area contributed by atoms with Gasteiger partial charge in [0.05, 0.1) is 37.8 Å². The lowest BCUT2D eigenvalue weighted by atomic mass is 10.1. The Kier molecular flexibility index (Phi) is 7.94. The Bertz CT molecular complexity index is 900. The van der Waals surface area contributed by atoms with E-state index in [-0.39, 0.29) is 0 Å². The maximum Gasteiger partial charge on any atom is 0.337 e. The Balaban J connectivity index is 1.82. The van der Waals surface area contributed by atoms with Crippen LogP contribution in [0.15, 0.2) is 58.7 Å². The summed E-state index contributed by atoms with van der Waals surface area (Å²) in [5, 5.41) is 7.32. The molecular weight excluding hydrogens is 392 g/mol. The van der Waals surface area contributed by atoms with Crippen LogP contribution in [-0.2, 0) is 19.1 Å². The van der Waals surface area contributed by atoms with Crippen molar-refractivity contribution < 1.29 is 28.7 Å². The first-order valence-electron chi connectivity index (χ1n) is 8.47. The molecule has 2 amide bonds. The van der Waals surface area contributed by atoms with E-state index in [1.165, 1.54) is 50.9 Å². The van der Waals surface area contributed by atoms with E-state index in [0.29, 0.717) is 22.3 Å². The SMILES string of the molecule is COC(=O)c1ccc(C=NNC(=O)C(=O)NN=Cc2ccc(C(=O)OC)cc2)cc1. The minimum absolute atomic E-state index is 0.371. The first-order chi connectivity index (χ1) is 14.4. The number of hydrogen-bond acceptors (Lipinski definition) is 8. The molecular formula is C20H18N4O6. The molecule has 10 heteroatoms. The number of nitrogens with zero attached hydrogens (tertiary/aromatic N) is 2. The molecule has 154 valence electrons. The quantitative estimate of drug-likeness (QED) is 0.314. The maximum absolute atomic E-state index is 11.7. The summed E-state index contributed by atoms with van der Waals surface area (Å²) in [6.45, 7) is 0. The first-order valence-corrected chi connectivity index (χ1v) is 8.47. The molecule has 0 heterocycles. The largest absolute Gasteiger partial charge is 0.465 e. The Hall–Kier alpha value is -4.34. The van der Waals surface area contributed by atoms with Gasteiger partial charge >= 0.3 is 23.8 Å². The van der Waals surface area contributed by atoms with Crippen molar-refractivity contribution in [1.82, 2.24) is 10.9 Å². The predicted molar refractivity (Wildman–Crippen MR) is 107 cm³/mol. The Morgan fingerprint density at radius 3 is 1.30 bits per heavy atom. The number of hydrazone groups is 2. The van der Waals surface area contributed by atoms with Gasteiger partial charge in [0.1, 0.15) is 0 Å². The van der Waals surface area contributed by atoms with E-state index in [1.54, 1.807) is 24.3 Å². The molecule has 2 N–H and O–H groups in total. The van der Waals surface area contributed by atoms with Gasteiger partial charge < -0.3 is 9.47 Å². The molecule has 0 unspecified atom stereocenters. The van der Waals surface area contributed by atoms with Gasteiger partial charge in [0.25, 0.3) is 0 Å². The molecule has 0 atom stereocenters. The fourth-order valence-electron chi connectivity index (χ4n) is 2.08.